The van der Waals surface area contributed by atoms with E-state index in [9.17, 15) is 9.18 Å². The Balaban J connectivity index is 2.20. The summed E-state index contributed by atoms with van der Waals surface area (Å²) in [6.07, 6.45) is 1.36. The van der Waals surface area contributed by atoms with Crippen LogP contribution in [0.4, 0.5) is 4.39 Å². The lowest BCUT2D eigenvalue weighted by Crippen LogP contribution is -2.06. The fourth-order valence-electron chi connectivity index (χ4n) is 1.50. The van der Waals surface area contributed by atoms with Crippen LogP contribution in [0.2, 0.25) is 0 Å². The maximum atomic E-state index is 13.1. The molecule has 19 heavy (non-hydrogen) atoms. The van der Waals surface area contributed by atoms with Gasteiger partial charge in [0.15, 0.2) is 0 Å². The van der Waals surface area contributed by atoms with Crippen molar-refractivity contribution in [3.05, 3.63) is 47.3 Å². The molecule has 2 rings (SSSR count). The lowest BCUT2D eigenvalue weighted by atomic mass is 10.1. The van der Waals surface area contributed by atoms with Gasteiger partial charge in [0.2, 0.25) is 0 Å². The second-order valence-electron chi connectivity index (χ2n) is 3.68. The van der Waals surface area contributed by atoms with Crippen LogP contribution < -0.4 is 0 Å². The Morgan fingerprint density at radius 2 is 2.37 bits per heavy atom. The standard InChI is InChI=1S/C12H9FN4O2/c1-19-12(18)11-15-7-17(16-11)6-8-2-3-10(13)9(4-8)5-14/h2-4,7H,6H2,1H3. The number of benzene rings is 1. The molecule has 1 aromatic heterocycles. The molecule has 96 valence electrons. The van der Waals surface area contributed by atoms with E-state index in [-0.39, 0.29) is 17.9 Å². The van der Waals surface area contributed by atoms with Crippen LogP contribution in [-0.4, -0.2) is 27.8 Å². The van der Waals surface area contributed by atoms with E-state index in [2.05, 4.69) is 14.8 Å². The molecule has 0 aliphatic carbocycles. The van der Waals surface area contributed by atoms with Crippen LogP contribution in [0.5, 0.6) is 0 Å². The monoisotopic (exact) mass is 260 g/mol. The quantitative estimate of drug-likeness (QED) is 0.772. The molecule has 1 aromatic carbocycles. The smallest absolute Gasteiger partial charge is 0.377 e. The lowest BCUT2D eigenvalue weighted by molar-refractivity contribution is 0.0586. The number of carbonyl (C=O) groups excluding carboxylic acids is 1. The molecule has 0 spiro atoms. The molecule has 2 aromatic rings. The Morgan fingerprint density at radius 3 is 3.05 bits per heavy atom. The molecule has 1 heterocycles. The summed E-state index contributed by atoms with van der Waals surface area (Å²) in [6.45, 7) is 0.277. The zero-order chi connectivity index (χ0) is 13.8. The first-order chi connectivity index (χ1) is 9.13. The Labute approximate surface area is 108 Å². The van der Waals surface area contributed by atoms with Gasteiger partial charge in [-0.05, 0) is 17.7 Å². The van der Waals surface area contributed by atoms with Gasteiger partial charge in [0, 0.05) is 0 Å². The van der Waals surface area contributed by atoms with Crippen LogP contribution in [0.15, 0.2) is 24.5 Å². The van der Waals surface area contributed by atoms with E-state index in [1.807, 2.05) is 0 Å². The number of hydrogen-bond donors (Lipinski definition) is 0. The molecule has 0 saturated heterocycles. The highest BCUT2D eigenvalue weighted by Gasteiger charge is 2.11. The summed E-state index contributed by atoms with van der Waals surface area (Å²) < 4.78 is 19.0. The van der Waals surface area contributed by atoms with Crippen molar-refractivity contribution in [1.29, 1.82) is 5.26 Å². The van der Waals surface area contributed by atoms with Gasteiger partial charge >= 0.3 is 5.97 Å². The maximum absolute atomic E-state index is 13.1. The van der Waals surface area contributed by atoms with Crippen molar-refractivity contribution in [2.45, 2.75) is 6.54 Å². The molecule has 0 atom stereocenters. The summed E-state index contributed by atoms with van der Waals surface area (Å²) in [4.78, 5) is 15.0. The highest BCUT2D eigenvalue weighted by Crippen LogP contribution is 2.10. The Morgan fingerprint density at radius 1 is 1.58 bits per heavy atom. The van der Waals surface area contributed by atoms with Crippen molar-refractivity contribution < 1.29 is 13.9 Å². The number of rotatable bonds is 3. The summed E-state index contributed by atoms with van der Waals surface area (Å²) in [5, 5.41) is 12.6. The third kappa shape index (κ3) is 2.74. The predicted molar refractivity (Wildman–Crippen MR) is 61.6 cm³/mol. The molecular weight excluding hydrogens is 251 g/mol. The summed E-state index contributed by atoms with van der Waals surface area (Å²) in [7, 11) is 1.24. The minimum absolute atomic E-state index is 0.0363. The number of aromatic nitrogens is 3. The highest BCUT2D eigenvalue weighted by atomic mass is 19.1. The predicted octanol–water partition coefficient (Wildman–Crippen LogP) is 1.12. The van der Waals surface area contributed by atoms with Crippen LogP contribution in [0, 0.1) is 17.1 Å². The van der Waals surface area contributed by atoms with Crippen molar-refractivity contribution in [1.82, 2.24) is 14.8 Å². The normalized spacial score (nSPS) is 9.95. The molecule has 7 heteroatoms. The van der Waals surface area contributed by atoms with Gasteiger partial charge in [0.1, 0.15) is 18.2 Å². The molecule has 0 N–H and O–H groups in total. The van der Waals surface area contributed by atoms with Gasteiger partial charge in [-0.15, -0.1) is 5.10 Å². The number of hydrogen-bond acceptors (Lipinski definition) is 5. The van der Waals surface area contributed by atoms with Gasteiger partial charge in [-0.25, -0.2) is 18.9 Å². The molecule has 0 radical (unpaired) electrons. The van der Waals surface area contributed by atoms with Crippen LogP contribution in [-0.2, 0) is 11.3 Å². The fraction of sp³-hybridized carbons (Fsp3) is 0.167. The van der Waals surface area contributed by atoms with E-state index in [1.165, 1.54) is 36.3 Å². The van der Waals surface area contributed by atoms with Crippen molar-refractivity contribution in [2.24, 2.45) is 0 Å². The van der Waals surface area contributed by atoms with Gasteiger partial charge in [-0.2, -0.15) is 5.26 Å². The molecule has 0 amide bonds. The minimum atomic E-state index is -0.629. The molecular formula is C12H9FN4O2. The van der Waals surface area contributed by atoms with Crippen molar-refractivity contribution in [3.63, 3.8) is 0 Å². The van der Waals surface area contributed by atoms with Crippen LogP contribution in [0.1, 0.15) is 21.7 Å². The number of methoxy groups -OCH3 is 1. The number of carbonyl (C=O) groups is 1. The second-order valence-corrected chi connectivity index (χ2v) is 3.68. The molecule has 0 fully saturated rings. The van der Waals surface area contributed by atoms with E-state index >= 15 is 0 Å². The van der Waals surface area contributed by atoms with Gasteiger partial charge in [0.25, 0.3) is 5.82 Å². The summed E-state index contributed by atoms with van der Waals surface area (Å²) in [5.74, 6) is -1.25. The maximum Gasteiger partial charge on any atom is 0.377 e. The molecule has 0 unspecified atom stereocenters. The van der Waals surface area contributed by atoms with E-state index in [4.69, 9.17) is 5.26 Å². The molecule has 0 aliphatic rings. The first kappa shape index (κ1) is 12.7. The van der Waals surface area contributed by atoms with Crippen LogP contribution >= 0.6 is 0 Å². The van der Waals surface area contributed by atoms with Crippen LogP contribution in [0.3, 0.4) is 0 Å². The van der Waals surface area contributed by atoms with Gasteiger partial charge < -0.3 is 4.74 Å². The van der Waals surface area contributed by atoms with Crippen LogP contribution in [0.25, 0.3) is 0 Å². The Bertz CT molecular complexity index is 660. The topological polar surface area (TPSA) is 80.8 Å². The van der Waals surface area contributed by atoms with E-state index in [1.54, 1.807) is 6.07 Å². The Hall–Kier alpha value is -2.75. The number of nitrogens with zero attached hydrogens (tertiary/aromatic N) is 4. The highest BCUT2D eigenvalue weighted by molar-refractivity contribution is 5.84. The number of esters is 1. The van der Waals surface area contributed by atoms with Gasteiger partial charge in [0.05, 0.1) is 19.2 Å². The van der Waals surface area contributed by atoms with Gasteiger partial charge in [-0.1, -0.05) is 6.07 Å². The number of halogens is 1. The number of nitriles is 1. The summed E-state index contributed by atoms with van der Waals surface area (Å²) in [6, 6.07) is 5.94. The number of ether oxygens (including phenoxy) is 1. The molecule has 0 saturated carbocycles. The third-order valence-electron chi connectivity index (χ3n) is 2.40. The average Bonchev–Trinajstić information content (AvgIpc) is 2.88. The first-order valence-corrected chi connectivity index (χ1v) is 5.30. The molecule has 6 nitrogen and oxygen atoms in total. The van der Waals surface area contributed by atoms with Crippen molar-refractivity contribution in [3.8, 4) is 6.07 Å². The van der Waals surface area contributed by atoms with Crippen molar-refractivity contribution >= 4 is 5.97 Å². The van der Waals surface area contributed by atoms with E-state index in [0.29, 0.717) is 5.56 Å². The Kier molecular flexibility index (Phi) is 3.52. The third-order valence-corrected chi connectivity index (χ3v) is 2.40. The first-order valence-electron chi connectivity index (χ1n) is 5.30. The van der Waals surface area contributed by atoms with Gasteiger partial charge in [-0.3, -0.25) is 0 Å². The summed E-state index contributed by atoms with van der Waals surface area (Å²) >= 11 is 0. The lowest BCUT2D eigenvalue weighted by Gasteiger charge is -2.02. The molecule has 0 aliphatic heterocycles. The van der Waals surface area contributed by atoms with Crippen molar-refractivity contribution in [2.75, 3.05) is 7.11 Å². The minimum Gasteiger partial charge on any atom is -0.463 e. The largest absolute Gasteiger partial charge is 0.463 e. The fourth-order valence-corrected chi connectivity index (χ4v) is 1.50. The second kappa shape index (κ2) is 5.27. The SMILES string of the molecule is COC(=O)c1ncn(Cc2ccc(F)c(C#N)c2)n1. The molecule has 0 bridgehead atoms. The zero-order valence-electron chi connectivity index (χ0n) is 10.00. The van der Waals surface area contributed by atoms with E-state index in [0.717, 1.165) is 0 Å². The van der Waals surface area contributed by atoms with E-state index < -0.39 is 11.8 Å². The average molecular weight is 260 g/mol. The summed E-state index contributed by atoms with van der Waals surface area (Å²) in [5.41, 5.74) is 0.644. The zero-order valence-corrected chi connectivity index (χ0v) is 10.00.